The minimum atomic E-state index is -0.0418. The van der Waals surface area contributed by atoms with Crippen LogP contribution in [0.25, 0.3) is 27.8 Å². The van der Waals surface area contributed by atoms with Crippen LogP contribution < -0.4 is 4.90 Å². The molecule has 0 saturated heterocycles. The van der Waals surface area contributed by atoms with Crippen LogP contribution >= 0.6 is 0 Å². The third kappa shape index (κ3) is 4.65. The Kier molecular flexibility index (Phi) is 7.31. The first-order valence-corrected chi connectivity index (χ1v) is 22.8. The normalized spacial score (nSPS) is 28.4. The van der Waals surface area contributed by atoms with Gasteiger partial charge >= 0.3 is 0 Å². The number of benzene rings is 5. The third-order valence-corrected chi connectivity index (χ3v) is 17.2. The molecule has 0 amide bonds. The van der Waals surface area contributed by atoms with Crippen LogP contribution in [-0.4, -0.2) is 0 Å². The van der Waals surface area contributed by atoms with Crippen molar-refractivity contribution in [2.24, 2.45) is 23.7 Å². The summed E-state index contributed by atoms with van der Waals surface area (Å²) in [4.78, 5) is 2.81. The highest BCUT2D eigenvalue weighted by Crippen LogP contribution is 2.70. The summed E-state index contributed by atoms with van der Waals surface area (Å²) in [6.07, 6.45) is 14.2. The maximum atomic E-state index is 2.81. The van der Waals surface area contributed by atoms with E-state index in [0.717, 1.165) is 24.7 Å². The lowest BCUT2D eigenvalue weighted by Crippen LogP contribution is -2.55. The van der Waals surface area contributed by atoms with E-state index < -0.39 is 0 Å². The van der Waals surface area contributed by atoms with E-state index >= 15 is 0 Å². The molecule has 0 unspecified atom stereocenters. The van der Waals surface area contributed by atoms with Crippen molar-refractivity contribution in [1.29, 1.82) is 0 Å². The Hall–Kier alpha value is -4.62. The highest BCUT2D eigenvalue weighted by Gasteiger charge is 2.62. The van der Waals surface area contributed by atoms with Gasteiger partial charge < -0.3 is 4.90 Å². The Bertz CT molecular complexity index is 2580. The van der Waals surface area contributed by atoms with Crippen molar-refractivity contribution in [2.75, 3.05) is 4.90 Å². The summed E-state index contributed by atoms with van der Waals surface area (Å²) in [5.74, 6) is 3.24. The lowest BCUT2D eigenvalue weighted by molar-refractivity contribution is -0.0399. The van der Waals surface area contributed by atoms with Gasteiger partial charge in [0, 0.05) is 27.9 Å². The molecule has 0 heterocycles. The summed E-state index contributed by atoms with van der Waals surface area (Å²) in [6.45, 7) is 14.9. The number of hydrogen-bond donors (Lipinski definition) is 0. The first-order chi connectivity index (χ1) is 28.0. The minimum absolute atomic E-state index is 0.0418. The van der Waals surface area contributed by atoms with Crippen LogP contribution in [0.4, 0.5) is 11.4 Å². The molecule has 1 heteroatoms. The van der Waals surface area contributed by atoms with Crippen LogP contribution in [0.3, 0.4) is 0 Å². The smallest absolute Gasteiger partial charge is 0.0498 e. The highest BCUT2D eigenvalue weighted by atomic mass is 15.2. The Morgan fingerprint density at radius 3 is 1.91 bits per heavy atom. The molecule has 0 radical (unpaired) electrons. The van der Waals surface area contributed by atoms with Crippen LogP contribution in [0.15, 0.2) is 127 Å². The van der Waals surface area contributed by atoms with Gasteiger partial charge in [-0.2, -0.15) is 0 Å². The number of hydrogen-bond acceptors (Lipinski definition) is 1. The van der Waals surface area contributed by atoms with Crippen molar-refractivity contribution in [2.45, 2.75) is 121 Å². The molecule has 1 nitrogen and oxygen atoms in total. The van der Waals surface area contributed by atoms with Gasteiger partial charge in [-0.25, -0.2) is 0 Å². The van der Waals surface area contributed by atoms with Crippen LogP contribution in [0.2, 0.25) is 0 Å². The number of anilines is 2. The number of fused-ring (bicyclic) bond motifs is 6. The fraction of sp³-hybridized carbons (Fsp3) is 0.404. The molecule has 13 rings (SSSR count). The van der Waals surface area contributed by atoms with E-state index in [1.54, 1.807) is 22.3 Å². The molecule has 0 aromatic heterocycles. The molecule has 58 heavy (non-hydrogen) atoms. The SMILES string of the molecule is CC1(C)CCC(C)(C)c2c(N(C3=CC4=C(CC3)c3ccccc3C4(C)C)c3cc(-c4ccccc4)c4c(c3)C3(c5ccccc5-4)C4CC5CC(C4)CC3C5)cccc21. The summed E-state index contributed by atoms with van der Waals surface area (Å²) in [5.41, 5.74) is 22.5. The van der Waals surface area contributed by atoms with E-state index in [1.165, 1.54) is 107 Å². The number of nitrogens with zero attached hydrogens (tertiary/aromatic N) is 1. The maximum absolute atomic E-state index is 2.81. The Balaban J connectivity index is 1.16. The van der Waals surface area contributed by atoms with E-state index in [2.05, 4.69) is 162 Å². The summed E-state index contributed by atoms with van der Waals surface area (Å²) in [7, 11) is 0. The van der Waals surface area contributed by atoms with E-state index in [0.29, 0.717) is 11.8 Å². The fourth-order valence-electron chi connectivity index (χ4n) is 14.7. The van der Waals surface area contributed by atoms with Gasteiger partial charge in [0.25, 0.3) is 0 Å². The molecule has 0 atom stereocenters. The summed E-state index contributed by atoms with van der Waals surface area (Å²) >= 11 is 0. The standard InChI is InChI=1S/C57H59N/c1-54(2)25-26-55(3,4)53-48(54)21-14-22-51(53)58(40-23-24-43-42-17-10-12-19-46(42)56(5,6)49(43)33-40)41-32-45(37-15-8-7-9-16-37)52-44-18-11-13-20-47(44)57(50(52)34-41)38-28-35-27-36(30-38)31-39(57)29-35/h7-22,32-36,38-39H,23-31H2,1-6H3. The van der Waals surface area contributed by atoms with Crippen LogP contribution in [0.1, 0.15) is 133 Å². The summed E-state index contributed by atoms with van der Waals surface area (Å²) in [5, 5.41) is 0. The Labute approximate surface area is 347 Å². The Morgan fingerprint density at radius 1 is 0.534 bits per heavy atom. The van der Waals surface area contributed by atoms with Gasteiger partial charge in [0.2, 0.25) is 0 Å². The molecule has 8 aliphatic carbocycles. The molecule has 292 valence electrons. The lowest BCUT2D eigenvalue weighted by Gasteiger charge is -2.61. The van der Waals surface area contributed by atoms with Crippen LogP contribution in [0, 0.1) is 23.7 Å². The van der Waals surface area contributed by atoms with Gasteiger partial charge in [-0.3, -0.25) is 0 Å². The van der Waals surface area contributed by atoms with E-state index in [-0.39, 0.29) is 21.7 Å². The molecular weight excluding hydrogens is 699 g/mol. The molecule has 5 aromatic carbocycles. The molecule has 1 spiro atoms. The van der Waals surface area contributed by atoms with Crippen molar-refractivity contribution < 1.29 is 0 Å². The topological polar surface area (TPSA) is 3.24 Å². The van der Waals surface area contributed by atoms with Crippen molar-refractivity contribution in [3.8, 4) is 22.3 Å². The second kappa shape index (κ2) is 12.0. The predicted octanol–water partition coefficient (Wildman–Crippen LogP) is 15.0. The monoisotopic (exact) mass is 757 g/mol. The molecule has 4 saturated carbocycles. The molecule has 5 aromatic rings. The lowest BCUT2D eigenvalue weighted by atomic mass is 9.43. The van der Waals surface area contributed by atoms with Crippen LogP contribution in [-0.2, 0) is 21.7 Å². The van der Waals surface area contributed by atoms with Gasteiger partial charge in [-0.15, -0.1) is 0 Å². The zero-order chi connectivity index (χ0) is 39.3. The van der Waals surface area contributed by atoms with Gasteiger partial charge in [0.15, 0.2) is 0 Å². The first kappa shape index (κ1) is 35.3. The first-order valence-electron chi connectivity index (χ1n) is 22.8. The second-order valence-electron chi connectivity index (χ2n) is 21.5. The van der Waals surface area contributed by atoms with Crippen LogP contribution in [0.5, 0.6) is 0 Å². The fourth-order valence-corrected chi connectivity index (χ4v) is 14.7. The highest BCUT2D eigenvalue weighted by molar-refractivity contribution is 5.96. The molecule has 4 fully saturated rings. The Morgan fingerprint density at radius 2 is 1.17 bits per heavy atom. The zero-order valence-corrected chi connectivity index (χ0v) is 35.6. The zero-order valence-electron chi connectivity index (χ0n) is 35.6. The molecule has 8 aliphatic rings. The molecular formula is C57H59N. The summed E-state index contributed by atoms with van der Waals surface area (Å²) < 4.78 is 0. The van der Waals surface area contributed by atoms with E-state index in [9.17, 15) is 0 Å². The largest absolute Gasteiger partial charge is 0.314 e. The van der Waals surface area contributed by atoms with E-state index in [1.807, 2.05) is 0 Å². The van der Waals surface area contributed by atoms with Gasteiger partial charge in [0.05, 0.1) is 0 Å². The average Bonchev–Trinajstić information content (AvgIpc) is 3.64. The average molecular weight is 758 g/mol. The minimum Gasteiger partial charge on any atom is -0.314 e. The molecule has 4 bridgehead atoms. The molecule has 0 N–H and O–H groups in total. The second-order valence-corrected chi connectivity index (χ2v) is 21.5. The molecule has 0 aliphatic heterocycles. The maximum Gasteiger partial charge on any atom is 0.0498 e. The van der Waals surface area contributed by atoms with Crippen molar-refractivity contribution >= 4 is 16.9 Å². The third-order valence-electron chi connectivity index (χ3n) is 17.2. The summed E-state index contributed by atoms with van der Waals surface area (Å²) in [6, 6.07) is 43.1. The van der Waals surface area contributed by atoms with Crippen molar-refractivity contribution in [3.05, 3.63) is 160 Å². The van der Waals surface area contributed by atoms with Gasteiger partial charge in [0.1, 0.15) is 0 Å². The number of rotatable bonds is 4. The van der Waals surface area contributed by atoms with Gasteiger partial charge in [-0.05, 0) is 183 Å². The van der Waals surface area contributed by atoms with E-state index in [4.69, 9.17) is 0 Å². The predicted molar refractivity (Wildman–Crippen MR) is 243 cm³/mol. The van der Waals surface area contributed by atoms with Crippen molar-refractivity contribution in [3.63, 3.8) is 0 Å². The van der Waals surface area contributed by atoms with Crippen molar-refractivity contribution in [1.82, 2.24) is 0 Å². The quantitative estimate of drug-likeness (QED) is 0.176. The van der Waals surface area contributed by atoms with Gasteiger partial charge in [-0.1, -0.05) is 133 Å². The number of allylic oxidation sites excluding steroid dienone is 4.